The van der Waals surface area contributed by atoms with Gasteiger partial charge in [0.1, 0.15) is 0 Å². The van der Waals surface area contributed by atoms with Crippen LogP contribution < -0.4 is 10.6 Å². The van der Waals surface area contributed by atoms with Gasteiger partial charge in [0, 0.05) is 19.0 Å². The largest absolute Gasteiger partial charge is 0.392 e. The molecule has 1 heterocycles. The monoisotopic (exact) mass is 276 g/mol. The fourth-order valence-corrected chi connectivity index (χ4v) is 2.60. The van der Waals surface area contributed by atoms with Gasteiger partial charge >= 0.3 is 0 Å². The molecule has 0 aliphatic carbocycles. The van der Waals surface area contributed by atoms with Gasteiger partial charge < -0.3 is 15.7 Å². The molecule has 110 valence electrons. The number of carbonyl (C=O) groups is 1. The van der Waals surface area contributed by atoms with Crippen LogP contribution in [0.3, 0.4) is 0 Å². The lowest BCUT2D eigenvalue weighted by Gasteiger charge is -2.23. The summed E-state index contributed by atoms with van der Waals surface area (Å²) >= 11 is 0. The van der Waals surface area contributed by atoms with Gasteiger partial charge in [0.2, 0.25) is 5.91 Å². The molecule has 0 aromatic heterocycles. The van der Waals surface area contributed by atoms with Crippen molar-refractivity contribution in [1.82, 2.24) is 10.6 Å². The van der Waals surface area contributed by atoms with E-state index in [1.807, 2.05) is 24.3 Å². The van der Waals surface area contributed by atoms with Crippen LogP contribution in [-0.2, 0) is 17.9 Å². The van der Waals surface area contributed by atoms with E-state index in [0.717, 1.165) is 24.1 Å². The molecule has 3 N–H and O–H groups in total. The minimum absolute atomic E-state index is 0.0368. The van der Waals surface area contributed by atoms with Crippen LogP contribution in [0, 0.1) is 0 Å². The van der Waals surface area contributed by atoms with E-state index in [1.165, 1.54) is 19.3 Å². The Kier molecular flexibility index (Phi) is 6.02. The first-order chi connectivity index (χ1) is 9.78. The van der Waals surface area contributed by atoms with Crippen molar-refractivity contribution in [3.05, 3.63) is 35.4 Å². The first kappa shape index (κ1) is 15.0. The highest BCUT2D eigenvalue weighted by atomic mass is 16.3. The Labute approximate surface area is 120 Å². The van der Waals surface area contributed by atoms with Gasteiger partial charge in [-0.05, 0) is 36.9 Å². The van der Waals surface area contributed by atoms with E-state index >= 15 is 0 Å². The zero-order chi connectivity index (χ0) is 14.2. The third-order valence-corrected chi connectivity index (χ3v) is 3.80. The molecule has 1 aliphatic heterocycles. The van der Waals surface area contributed by atoms with Crippen molar-refractivity contribution < 1.29 is 9.90 Å². The molecular formula is C16H24N2O2. The molecule has 1 atom stereocenters. The Morgan fingerprint density at radius 1 is 1.35 bits per heavy atom. The van der Waals surface area contributed by atoms with Gasteiger partial charge in [0.25, 0.3) is 0 Å². The van der Waals surface area contributed by atoms with Gasteiger partial charge in [-0.2, -0.15) is 0 Å². The van der Waals surface area contributed by atoms with Crippen LogP contribution in [-0.4, -0.2) is 23.6 Å². The van der Waals surface area contributed by atoms with Gasteiger partial charge in [-0.1, -0.05) is 30.7 Å². The van der Waals surface area contributed by atoms with E-state index in [-0.39, 0.29) is 12.5 Å². The maximum Gasteiger partial charge on any atom is 0.220 e. The van der Waals surface area contributed by atoms with Crippen LogP contribution in [0.1, 0.15) is 43.2 Å². The summed E-state index contributed by atoms with van der Waals surface area (Å²) in [4.78, 5) is 11.8. The van der Waals surface area contributed by atoms with Crippen LogP contribution >= 0.6 is 0 Å². The lowest BCUT2D eigenvalue weighted by molar-refractivity contribution is -0.121. The molecule has 1 aromatic carbocycles. The second-order valence-electron chi connectivity index (χ2n) is 5.44. The normalized spacial score (nSPS) is 18.8. The Morgan fingerprint density at radius 2 is 2.20 bits per heavy atom. The summed E-state index contributed by atoms with van der Waals surface area (Å²) in [5.74, 6) is 0.103. The summed E-state index contributed by atoms with van der Waals surface area (Å²) in [5.41, 5.74) is 1.91. The van der Waals surface area contributed by atoms with Crippen molar-refractivity contribution in [2.45, 2.75) is 51.3 Å². The van der Waals surface area contributed by atoms with Crippen LogP contribution in [0.2, 0.25) is 0 Å². The molecule has 0 spiro atoms. The van der Waals surface area contributed by atoms with E-state index in [1.54, 1.807) is 0 Å². The van der Waals surface area contributed by atoms with Gasteiger partial charge in [-0.25, -0.2) is 0 Å². The number of aliphatic hydroxyl groups excluding tert-OH is 1. The molecule has 0 bridgehead atoms. The van der Waals surface area contributed by atoms with E-state index in [4.69, 9.17) is 5.11 Å². The summed E-state index contributed by atoms with van der Waals surface area (Å²) in [7, 11) is 0. The topological polar surface area (TPSA) is 61.4 Å². The maximum atomic E-state index is 11.8. The lowest BCUT2D eigenvalue weighted by Crippen LogP contribution is -2.35. The second-order valence-corrected chi connectivity index (χ2v) is 5.44. The van der Waals surface area contributed by atoms with E-state index in [9.17, 15) is 4.79 Å². The zero-order valence-electron chi connectivity index (χ0n) is 11.9. The molecule has 2 rings (SSSR count). The molecule has 1 fully saturated rings. The van der Waals surface area contributed by atoms with E-state index in [0.29, 0.717) is 19.0 Å². The van der Waals surface area contributed by atoms with Gasteiger partial charge in [-0.15, -0.1) is 0 Å². The van der Waals surface area contributed by atoms with Crippen molar-refractivity contribution in [3.63, 3.8) is 0 Å². The number of rotatable bonds is 6. The molecule has 0 radical (unpaired) electrons. The number of carbonyl (C=O) groups excluding carboxylic acids is 1. The summed E-state index contributed by atoms with van der Waals surface area (Å²) in [6.45, 7) is 1.65. The number of hydrogen-bond acceptors (Lipinski definition) is 3. The molecular weight excluding hydrogens is 252 g/mol. The van der Waals surface area contributed by atoms with Gasteiger partial charge in [0.05, 0.1) is 6.61 Å². The molecule has 1 unspecified atom stereocenters. The van der Waals surface area contributed by atoms with E-state index in [2.05, 4.69) is 10.6 Å². The number of hydrogen-bond donors (Lipinski definition) is 3. The van der Waals surface area contributed by atoms with Crippen LogP contribution in [0.5, 0.6) is 0 Å². The summed E-state index contributed by atoms with van der Waals surface area (Å²) < 4.78 is 0. The van der Waals surface area contributed by atoms with Crippen LogP contribution in [0.4, 0.5) is 0 Å². The Balaban J connectivity index is 1.68. The van der Waals surface area contributed by atoms with Crippen molar-refractivity contribution >= 4 is 5.91 Å². The Bertz CT molecular complexity index is 428. The minimum Gasteiger partial charge on any atom is -0.392 e. The number of aliphatic hydroxyl groups is 1. The van der Waals surface area contributed by atoms with E-state index < -0.39 is 0 Å². The van der Waals surface area contributed by atoms with Gasteiger partial charge in [0.15, 0.2) is 0 Å². The fraction of sp³-hybridized carbons (Fsp3) is 0.562. The van der Waals surface area contributed by atoms with Crippen LogP contribution in [0.25, 0.3) is 0 Å². The van der Waals surface area contributed by atoms with Crippen LogP contribution in [0.15, 0.2) is 24.3 Å². The molecule has 0 saturated carbocycles. The Hall–Kier alpha value is -1.39. The van der Waals surface area contributed by atoms with Crippen molar-refractivity contribution in [2.75, 3.05) is 6.54 Å². The molecule has 20 heavy (non-hydrogen) atoms. The quantitative estimate of drug-likeness (QED) is 0.741. The molecule has 1 aliphatic rings. The SMILES string of the molecule is O=C(CCC1CCCCN1)NCc1cccc(CO)c1. The average Bonchev–Trinajstić information content (AvgIpc) is 2.52. The third-order valence-electron chi connectivity index (χ3n) is 3.80. The third kappa shape index (κ3) is 4.94. The number of piperidine rings is 1. The first-order valence-corrected chi connectivity index (χ1v) is 7.46. The second kappa shape index (κ2) is 8.02. The molecule has 4 nitrogen and oxygen atoms in total. The molecule has 1 aromatic rings. The Morgan fingerprint density at radius 3 is 2.95 bits per heavy atom. The molecule has 1 amide bonds. The minimum atomic E-state index is 0.0368. The van der Waals surface area contributed by atoms with Crippen molar-refractivity contribution in [2.24, 2.45) is 0 Å². The van der Waals surface area contributed by atoms with Crippen molar-refractivity contribution in [1.29, 1.82) is 0 Å². The van der Waals surface area contributed by atoms with Crippen molar-refractivity contribution in [3.8, 4) is 0 Å². The highest BCUT2D eigenvalue weighted by molar-refractivity contribution is 5.75. The summed E-state index contributed by atoms with van der Waals surface area (Å²) in [6, 6.07) is 8.16. The average molecular weight is 276 g/mol. The lowest BCUT2D eigenvalue weighted by atomic mass is 10.0. The van der Waals surface area contributed by atoms with Gasteiger partial charge in [-0.3, -0.25) is 4.79 Å². The number of amides is 1. The molecule has 4 heteroatoms. The number of benzene rings is 1. The highest BCUT2D eigenvalue weighted by Gasteiger charge is 2.13. The predicted octanol–water partition coefficient (Wildman–Crippen LogP) is 1.72. The fourth-order valence-electron chi connectivity index (χ4n) is 2.60. The summed E-state index contributed by atoms with van der Waals surface area (Å²) in [5, 5.41) is 15.5. The smallest absolute Gasteiger partial charge is 0.220 e. The number of nitrogens with one attached hydrogen (secondary N) is 2. The summed E-state index contributed by atoms with van der Waals surface area (Å²) in [6.07, 6.45) is 5.21. The standard InChI is InChI=1S/C16H24N2O2/c19-12-14-5-3-4-13(10-14)11-18-16(20)8-7-15-6-1-2-9-17-15/h3-5,10,15,17,19H,1-2,6-9,11-12H2,(H,18,20). The molecule has 1 saturated heterocycles. The maximum absolute atomic E-state index is 11.8. The first-order valence-electron chi connectivity index (χ1n) is 7.46. The predicted molar refractivity (Wildman–Crippen MR) is 79.1 cm³/mol. The zero-order valence-corrected chi connectivity index (χ0v) is 11.9. The highest BCUT2D eigenvalue weighted by Crippen LogP contribution is 2.11.